The first-order valence-corrected chi connectivity index (χ1v) is 6.81. The second kappa shape index (κ2) is 8.36. The zero-order valence-corrected chi connectivity index (χ0v) is 12.2. The Hall–Kier alpha value is -1.76. The fourth-order valence-corrected chi connectivity index (χ4v) is 1.76. The van der Waals surface area contributed by atoms with E-state index in [1.54, 1.807) is 0 Å². The maximum Gasteiger partial charge on any atom is 0.126 e. The average Bonchev–Trinajstić information content (AvgIpc) is 2.38. The smallest absolute Gasteiger partial charge is 0.126 e. The van der Waals surface area contributed by atoms with Crippen molar-refractivity contribution >= 4 is 6.08 Å². The van der Waals surface area contributed by atoms with Crippen molar-refractivity contribution in [3.8, 4) is 5.75 Å². The quantitative estimate of drug-likeness (QED) is 0.455. The largest absolute Gasteiger partial charge is 0.466 e. The molecule has 0 amide bonds. The van der Waals surface area contributed by atoms with Crippen LogP contribution in [-0.4, -0.2) is 0 Å². The normalized spacial score (nSPS) is 12.2. The molecule has 0 spiro atoms. The van der Waals surface area contributed by atoms with E-state index in [1.807, 2.05) is 12.1 Å². The van der Waals surface area contributed by atoms with Crippen molar-refractivity contribution in [2.45, 2.75) is 33.6 Å². The minimum atomic E-state index is 0.597. The zero-order valence-electron chi connectivity index (χ0n) is 12.2. The molecule has 0 aliphatic rings. The standard InChI is InChI=1S/C18H24O/c1-5-19-18-13-11-17(12-14-18)10-9-16(4)8-6-7-15(2)3/h5,7,9-14,16H,1,6,8H2,2-4H3/b10-9+. The van der Waals surface area contributed by atoms with Crippen molar-refractivity contribution < 1.29 is 4.74 Å². The Morgan fingerprint density at radius 3 is 2.53 bits per heavy atom. The van der Waals surface area contributed by atoms with Crippen LogP contribution in [-0.2, 0) is 0 Å². The summed E-state index contributed by atoms with van der Waals surface area (Å²) in [6, 6.07) is 8.01. The average molecular weight is 256 g/mol. The van der Waals surface area contributed by atoms with Gasteiger partial charge in [-0.2, -0.15) is 0 Å². The van der Waals surface area contributed by atoms with Crippen LogP contribution in [0.25, 0.3) is 6.08 Å². The molecule has 0 aliphatic carbocycles. The van der Waals surface area contributed by atoms with Crippen LogP contribution in [0, 0.1) is 5.92 Å². The van der Waals surface area contributed by atoms with Crippen LogP contribution in [0.1, 0.15) is 39.2 Å². The third-order valence-corrected chi connectivity index (χ3v) is 2.89. The van der Waals surface area contributed by atoms with E-state index in [1.165, 1.54) is 23.8 Å². The Kier molecular flexibility index (Phi) is 6.73. The molecule has 0 saturated carbocycles. The van der Waals surface area contributed by atoms with Crippen molar-refractivity contribution in [2.24, 2.45) is 5.92 Å². The fraction of sp³-hybridized carbons (Fsp3) is 0.333. The molecule has 0 bridgehead atoms. The molecule has 1 aromatic rings. The van der Waals surface area contributed by atoms with E-state index >= 15 is 0 Å². The molecule has 1 atom stereocenters. The summed E-state index contributed by atoms with van der Waals surface area (Å²) in [5.41, 5.74) is 2.60. The molecule has 1 unspecified atom stereocenters. The van der Waals surface area contributed by atoms with Gasteiger partial charge in [0, 0.05) is 0 Å². The van der Waals surface area contributed by atoms with Gasteiger partial charge in [-0.15, -0.1) is 0 Å². The highest BCUT2D eigenvalue weighted by Crippen LogP contribution is 2.15. The molecule has 0 N–H and O–H groups in total. The molecule has 0 radical (unpaired) electrons. The minimum Gasteiger partial charge on any atom is -0.466 e. The van der Waals surface area contributed by atoms with Gasteiger partial charge in [0.1, 0.15) is 5.75 Å². The lowest BCUT2D eigenvalue weighted by atomic mass is 10.0. The van der Waals surface area contributed by atoms with E-state index in [2.05, 4.69) is 57.7 Å². The summed E-state index contributed by atoms with van der Waals surface area (Å²) in [5, 5.41) is 0. The van der Waals surface area contributed by atoms with E-state index in [0.29, 0.717) is 5.92 Å². The number of hydrogen-bond acceptors (Lipinski definition) is 1. The molecule has 1 heteroatoms. The molecular formula is C18H24O. The molecule has 0 heterocycles. The topological polar surface area (TPSA) is 9.23 Å². The zero-order chi connectivity index (χ0) is 14.1. The van der Waals surface area contributed by atoms with Gasteiger partial charge < -0.3 is 4.74 Å². The van der Waals surface area contributed by atoms with E-state index in [-0.39, 0.29) is 0 Å². The lowest BCUT2D eigenvalue weighted by Gasteiger charge is -2.04. The summed E-state index contributed by atoms with van der Waals surface area (Å²) in [6.07, 6.45) is 10.5. The van der Waals surface area contributed by atoms with Gasteiger partial charge in [0.25, 0.3) is 0 Å². The monoisotopic (exact) mass is 256 g/mol. The second-order valence-electron chi connectivity index (χ2n) is 5.05. The number of hydrogen-bond donors (Lipinski definition) is 0. The maximum absolute atomic E-state index is 5.20. The fourth-order valence-electron chi connectivity index (χ4n) is 1.76. The summed E-state index contributed by atoms with van der Waals surface area (Å²) in [4.78, 5) is 0. The Bertz CT molecular complexity index is 433. The Labute approximate surface area is 117 Å². The summed E-state index contributed by atoms with van der Waals surface area (Å²) >= 11 is 0. The van der Waals surface area contributed by atoms with Crippen molar-refractivity contribution in [1.29, 1.82) is 0 Å². The maximum atomic E-state index is 5.20. The predicted molar refractivity (Wildman–Crippen MR) is 84.1 cm³/mol. The van der Waals surface area contributed by atoms with Crippen LogP contribution in [0.2, 0.25) is 0 Å². The van der Waals surface area contributed by atoms with Gasteiger partial charge in [-0.05, 0) is 50.3 Å². The highest BCUT2D eigenvalue weighted by atomic mass is 16.5. The van der Waals surface area contributed by atoms with Crippen LogP contribution in [0.15, 0.2) is 54.8 Å². The molecule has 19 heavy (non-hydrogen) atoms. The van der Waals surface area contributed by atoms with Crippen LogP contribution >= 0.6 is 0 Å². The van der Waals surface area contributed by atoms with Crippen molar-refractivity contribution in [2.75, 3.05) is 0 Å². The number of allylic oxidation sites excluding steroid dienone is 3. The van der Waals surface area contributed by atoms with Crippen LogP contribution in [0.5, 0.6) is 5.75 Å². The summed E-state index contributed by atoms with van der Waals surface area (Å²) in [7, 11) is 0. The Morgan fingerprint density at radius 1 is 1.26 bits per heavy atom. The van der Waals surface area contributed by atoms with E-state index < -0.39 is 0 Å². The van der Waals surface area contributed by atoms with Crippen molar-refractivity contribution in [1.82, 2.24) is 0 Å². The highest BCUT2D eigenvalue weighted by Gasteiger charge is 1.96. The summed E-state index contributed by atoms with van der Waals surface area (Å²) in [5.74, 6) is 1.42. The number of rotatable bonds is 7. The molecular weight excluding hydrogens is 232 g/mol. The van der Waals surface area contributed by atoms with Crippen LogP contribution in [0.4, 0.5) is 0 Å². The molecule has 0 saturated heterocycles. The summed E-state index contributed by atoms with van der Waals surface area (Å²) in [6.45, 7) is 10.1. The Morgan fingerprint density at radius 2 is 1.95 bits per heavy atom. The first-order valence-electron chi connectivity index (χ1n) is 6.81. The first-order chi connectivity index (χ1) is 9.11. The Balaban J connectivity index is 2.46. The lowest BCUT2D eigenvalue weighted by Crippen LogP contribution is -1.88. The minimum absolute atomic E-state index is 0.597. The number of ether oxygens (including phenoxy) is 1. The SMILES string of the molecule is C=COc1ccc(/C=C/C(C)CCC=C(C)C)cc1. The molecule has 102 valence electrons. The van der Waals surface area contributed by atoms with Gasteiger partial charge in [0.05, 0.1) is 6.26 Å². The molecule has 0 aliphatic heterocycles. The van der Waals surface area contributed by atoms with Gasteiger partial charge in [0.2, 0.25) is 0 Å². The molecule has 1 nitrogen and oxygen atoms in total. The van der Waals surface area contributed by atoms with Gasteiger partial charge in [-0.3, -0.25) is 0 Å². The molecule has 1 aromatic carbocycles. The predicted octanol–water partition coefficient (Wildman–Crippen LogP) is 5.60. The van der Waals surface area contributed by atoms with Gasteiger partial charge >= 0.3 is 0 Å². The van der Waals surface area contributed by atoms with Crippen molar-refractivity contribution in [3.63, 3.8) is 0 Å². The molecule has 1 rings (SSSR count). The summed E-state index contributed by atoms with van der Waals surface area (Å²) < 4.78 is 5.20. The van der Waals surface area contributed by atoms with Crippen molar-refractivity contribution in [3.05, 3.63) is 60.4 Å². The van der Waals surface area contributed by atoms with Crippen LogP contribution < -0.4 is 4.74 Å². The first kappa shape index (κ1) is 15.3. The van der Waals surface area contributed by atoms with Gasteiger partial charge in [0.15, 0.2) is 0 Å². The van der Waals surface area contributed by atoms with E-state index in [9.17, 15) is 0 Å². The van der Waals surface area contributed by atoms with Crippen LogP contribution in [0.3, 0.4) is 0 Å². The molecule has 0 fully saturated rings. The third-order valence-electron chi connectivity index (χ3n) is 2.89. The van der Waals surface area contributed by atoms with E-state index in [0.717, 1.165) is 12.2 Å². The van der Waals surface area contributed by atoms with Gasteiger partial charge in [-0.25, -0.2) is 0 Å². The second-order valence-corrected chi connectivity index (χ2v) is 5.05. The number of benzene rings is 1. The van der Waals surface area contributed by atoms with E-state index in [4.69, 9.17) is 4.74 Å². The lowest BCUT2D eigenvalue weighted by molar-refractivity contribution is 0.483. The van der Waals surface area contributed by atoms with Gasteiger partial charge in [-0.1, -0.05) is 49.4 Å². The third kappa shape index (κ3) is 6.66. The highest BCUT2D eigenvalue weighted by molar-refractivity contribution is 5.50. The molecule has 0 aromatic heterocycles.